The van der Waals surface area contributed by atoms with Crippen molar-refractivity contribution >= 4 is 17.9 Å². The lowest BCUT2D eigenvalue weighted by Crippen LogP contribution is -2.37. The molecule has 0 aliphatic carbocycles. The number of aromatic nitrogens is 2. The summed E-state index contributed by atoms with van der Waals surface area (Å²) in [6, 6.07) is -0.567. The molecule has 0 fully saturated rings. The van der Waals surface area contributed by atoms with E-state index in [2.05, 4.69) is 5.10 Å². The van der Waals surface area contributed by atoms with Crippen LogP contribution in [0.5, 0.6) is 0 Å². The first-order valence-corrected chi connectivity index (χ1v) is 4.74. The topological polar surface area (TPSA) is 127 Å². The second-order valence-electron chi connectivity index (χ2n) is 3.39. The summed E-state index contributed by atoms with van der Waals surface area (Å²) in [4.78, 5) is 32.7. The highest BCUT2D eigenvalue weighted by atomic mass is 16.4. The van der Waals surface area contributed by atoms with Crippen molar-refractivity contribution in [2.75, 3.05) is 0 Å². The standard InChI is InChI=1S/C9H12N4O4/c1-5-2-3-11-13(5)6(8(15)16)4-7(14)12-9(10)17/h2-3,6H,4H2,1H3,(H,15,16)(H3,10,12,14,17). The number of imide groups is 1. The Labute approximate surface area is 96.4 Å². The SMILES string of the molecule is Cc1ccnn1C(CC(=O)NC(N)=O)C(=O)O. The fraction of sp³-hybridized carbons (Fsp3) is 0.333. The summed E-state index contributed by atoms with van der Waals surface area (Å²) in [5.74, 6) is -1.98. The van der Waals surface area contributed by atoms with Gasteiger partial charge in [0.1, 0.15) is 0 Å². The van der Waals surface area contributed by atoms with Crippen LogP contribution in [0.2, 0.25) is 0 Å². The van der Waals surface area contributed by atoms with Crippen LogP contribution in [0.3, 0.4) is 0 Å². The molecular weight excluding hydrogens is 228 g/mol. The Balaban J connectivity index is 2.82. The third-order valence-corrected chi connectivity index (χ3v) is 2.09. The molecule has 92 valence electrons. The van der Waals surface area contributed by atoms with Crippen LogP contribution in [0.25, 0.3) is 0 Å². The fourth-order valence-electron chi connectivity index (χ4n) is 1.35. The van der Waals surface area contributed by atoms with Gasteiger partial charge in [-0.15, -0.1) is 0 Å². The molecular formula is C9H12N4O4. The van der Waals surface area contributed by atoms with Gasteiger partial charge in [-0.2, -0.15) is 5.10 Å². The highest BCUT2D eigenvalue weighted by Gasteiger charge is 2.25. The Morgan fingerprint density at radius 3 is 2.65 bits per heavy atom. The van der Waals surface area contributed by atoms with E-state index in [1.165, 1.54) is 10.9 Å². The molecule has 0 spiro atoms. The van der Waals surface area contributed by atoms with Crippen LogP contribution < -0.4 is 11.1 Å². The smallest absolute Gasteiger partial charge is 0.329 e. The van der Waals surface area contributed by atoms with Gasteiger partial charge >= 0.3 is 12.0 Å². The van der Waals surface area contributed by atoms with E-state index in [0.29, 0.717) is 5.69 Å². The number of aryl methyl sites for hydroxylation is 1. The van der Waals surface area contributed by atoms with E-state index in [9.17, 15) is 14.4 Å². The molecule has 1 aromatic heterocycles. The van der Waals surface area contributed by atoms with Crippen LogP contribution in [0, 0.1) is 6.92 Å². The van der Waals surface area contributed by atoms with Crippen LogP contribution >= 0.6 is 0 Å². The zero-order chi connectivity index (χ0) is 13.0. The minimum atomic E-state index is -1.21. The van der Waals surface area contributed by atoms with Crippen molar-refractivity contribution in [2.24, 2.45) is 5.73 Å². The molecule has 1 heterocycles. The van der Waals surface area contributed by atoms with Gasteiger partial charge in [0.05, 0.1) is 6.42 Å². The lowest BCUT2D eigenvalue weighted by molar-refractivity contribution is -0.143. The Kier molecular flexibility index (Phi) is 3.81. The number of rotatable bonds is 4. The summed E-state index contributed by atoms with van der Waals surface area (Å²) < 4.78 is 1.20. The Hall–Kier alpha value is -2.38. The molecule has 0 radical (unpaired) electrons. The maximum Gasteiger partial charge on any atom is 0.329 e. The minimum Gasteiger partial charge on any atom is -0.480 e. The first-order chi connectivity index (χ1) is 7.91. The second-order valence-corrected chi connectivity index (χ2v) is 3.39. The molecule has 1 unspecified atom stereocenters. The van der Waals surface area contributed by atoms with Crippen LogP contribution in [0.1, 0.15) is 18.2 Å². The molecule has 0 saturated heterocycles. The summed E-state index contributed by atoms with van der Waals surface area (Å²) in [6.07, 6.45) is 1.01. The van der Waals surface area contributed by atoms with E-state index < -0.39 is 30.4 Å². The van der Waals surface area contributed by atoms with Crippen molar-refractivity contribution in [1.29, 1.82) is 0 Å². The molecule has 1 aromatic rings. The van der Waals surface area contributed by atoms with Gasteiger partial charge in [-0.25, -0.2) is 9.59 Å². The van der Waals surface area contributed by atoms with Crippen molar-refractivity contribution < 1.29 is 19.5 Å². The number of carbonyl (C=O) groups excluding carboxylic acids is 2. The average molecular weight is 240 g/mol. The molecule has 1 atom stereocenters. The summed E-state index contributed by atoms with van der Waals surface area (Å²) >= 11 is 0. The van der Waals surface area contributed by atoms with Crippen molar-refractivity contribution in [3.63, 3.8) is 0 Å². The first-order valence-electron chi connectivity index (χ1n) is 4.74. The molecule has 0 aromatic carbocycles. The van der Waals surface area contributed by atoms with Crippen LogP contribution in [0.15, 0.2) is 12.3 Å². The van der Waals surface area contributed by atoms with Crippen LogP contribution in [-0.2, 0) is 9.59 Å². The van der Waals surface area contributed by atoms with Crippen molar-refractivity contribution in [3.05, 3.63) is 18.0 Å². The van der Waals surface area contributed by atoms with Gasteiger partial charge in [0.15, 0.2) is 6.04 Å². The normalized spacial score (nSPS) is 11.8. The summed E-state index contributed by atoms with van der Waals surface area (Å²) in [5, 5.41) is 14.6. The highest BCUT2D eigenvalue weighted by molar-refractivity contribution is 5.95. The van der Waals surface area contributed by atoms with Crippen LogP contribution in [-0.4, -0.2) is 32.8 Å². The Bertz CT molecular complexity index is 454. The molecule has 0 aliphatic heterocycles. The number of nitrogens with two attached hydrogens (primary N) is 1. The molecule has 17 heavy (non-hydrogen) atoms. The molecule has 1 rings (SSSR count). The molecule has 8 heteroatoms. The average Bonchev–Trinajstić information content (AvgIpc) is 2.59. The van der Waals surface area contributed by atoms with E-state index in [1.807, 2.05) is 0 Å². The van der Waals surface area contributed by atoms with E-state index in [0.717, 1.165) is 0 Å². The van der Waals surface area contributed by atoms with Gasteiger partial charge in [-0.1, -0.05) is 0 Å². The second kappa shape index (κ2) is 5.10. The number of primary amides is 1. The van der Waals surface area contributed by atoms with E-state index in [-0.39, 0.29) is 0 Å². The van der Waals surface area contributed by atoms with E-state index in [1.54, 1.807) is 18.3 Å². The minimum absolute atomic E-state index is 0.416. The molecule has 0 aliphatic rings. The maximum absolute atomic E-state index is 11.3. The Morgan fingerprint density at radius 1 is 1.59 bits per heavy atom. The highest BCUT2D eigenvalue weighted by Crippen LogP contribution is 2.13. The predicted molar refractivity (Wildman–Crippen MR) is 56.0 cm³/mol. The number of carboxylic acids is 1. The van der Waals surface area contributed by atoms with E-state index >= 15 is 0 Å². The van der Waals surface area contributed by atoms with Gasteiger partial charge in [-0.05, 0) is 13.0 Å². The predicted octanol–water partition coefficient (Wildman–Crippen LogP) is -0.598. The molecule has 0 bridgehead atoms. The van der Waals surface area contributed by atoms with Gasteiger partial charge in [0, 0.05) is 11.9 Å². The lowest BCUT2D eigenvalue weighted by Gasteiger charge is -2.13. The van der Waals surface area contributed by atoms with Crippen molar-refractivity contribution in [2.45, 2.75) is 19.4 Å². The zero-order valence-corrected chi connectivity index (χ0v) is 9.08. The number of carboxylic acid groups (broad SMARTS) is 1. The largest absolute Gasteiger partial charge is 0.480 e. The molecule has 0 saturated carbocycles. The monoisotopic (exact) mass is 240 g/mol. The molecule has 4 N–H and O–H groups in total. The number of hydrogen-bond donors (Lipinski definition) is 3. The van der Waals surface area contributed by atoms with Gasteiger partial charge < -0.3 is 10.8 Å². The number of amides is 3. The summed E-state index contributed by atoms with van der Waals surface area (Å²) in [6.45, 7) is 1.66. The summed E-state index contributed by atoms with van der Waals surface area (Å²) in [7, 11) is 0. The molecule has 8 nitrogen and oxygen atoms in total. The van der Waals surface area contributed by atoms with Crippen molar-refractivity contribution in [1.82, 2.24) is 15.1 Å². The number of carbonyl (C=O) groups is 3. The van der Waals surface area contributed by atoms with Gasteiger partial charge in [-0.3, -0.25) is 14.8 Å². The van der Waals surface area contributed by atoms with Gasteiger partial charge in [0.25, 0.3) is 0 Å². The maximum atomic E-state index is 11.3. The number of aliphatic carboxylic acids is 1. The lowest BCUT2D eigenvalue weighted by atomic mass is 10.2. The zero-order valence-electron chi connectivity index (χ0n) is 9.08. The molecule has 3 amide bonds. The van der Waals surface area contributed by atoms with Crippen molar-refractivity contribution in [3.8, 4) is 0 Å². The van der Waals surface area contributed by atoms with Gasteiger partial charge in [0.2, 0.25) is 5.91 Å². The number of nitrogens with zero attached hydrogens (tertiary/aromatic N) is 2. The number of nitrogens with one attached hydrogen (secondary N) is 1. The fourth-order valence-corrected chi connectivity index (χ4v) is 1.35. The van der Waals surface area contributed by atoms with Crippen LogP contribution in [0.4, 0.5) is 4.79 Å². The quantitative estimate of drug-likeness (QED) is 0.647. The van der Waals surface area contributed by atoms with E-state index in [4.69, 9.17) is 10.8 Å². The number of hydrogen-bond acceptors (Lipinski definition) is 4. The third kappa shape index (κ3) is 3.30. The third-order valence-electron chi connectivity index (χ3n) is 2.09. The Morgan fingerprint density at radius 2 is 2.24 bits per heavy atom. The summed E-state index contributed by atoms with van der Waals surface area (Å²) in [5.41, 5.74) is 5.35. The first kappa shape index (κ1) is 12.7. The number of urea groups is 1.